The van der Waals surface area contributed by atoms with Crippen LogP contribution in [-0.4, -0.2) is 11.9 Å². The summed E-state index contributed by atoms with van der Waals surface area (Å²) in [7, 11) is 0. The zero-order valence-electron chi connectivity index (χ0n) is 9.13. The molecule has 14 heavy (non-hydrogen) atoms. The average molecular weight is 192 g/mol. The Morgan fingerprint density at radius 2 is 1.71 bits per heavy atom. The molecule has 0 N–H and O–H groups in total. The predicted molar refractivity (Wildman–Crippen MR) is 56.7 cm³/mol. The summed E-state index contributed by atoms with van der Waals surface area (Å²) in [5, 5.41) is 0. The van der Waals surface area contributed by atoms with Crippen molar-refractivity contribution in [1.29, 1.82) is 0 Å². The summed E-state index contributed by atoms with van der Waals surface area (Å²) in [6.45, 7) is 7.46. The molecule has 0 unspecified atom stereocenters. The second-order valence-corrected chi connectivity index (χ2v) is 4.04. The van der Waals surface area contributed by atoms with Gasteiger partial charge in [0.15, 0.2) is 11.9 Å². The molecular weight excluding hydrogens is 176 g/mol. The molecule has 2 nitrogen and oxygen atoms in total. The van der Waals surface area contributed by atoms with Gasteiger partial charge in [-0.3, -0.25) is 4.79 Å². The summed E-state index contributed by atoms with van der Waals surface area (Å²) < 4.78 is 5.64. The molecule has 0 amide bonds. The molecule has 0 bridgehead atoms. The molecule has 0 fully saturated rings. The molecule has 0 saturated carbocycles. The molecule has 0 radical (unpaired) electrons. The lowest BCUT2D eigenvalue weighted by molar-refractivity contribution is -0.119. The standard InChI is InChI=1S/C12H16O2/c1-9-6-5-7-10(2)11(9)14-12(3,4)8-13/h5-8H,1-4H3. The molecule has 0 heterocycles. The van der Waals surface area contributed by atoms with Gasteiger partial charge in [0.2, 0.25) is 0 Å². The fourth-order valence-electron chi connectivity index (χ4n) is 1.25. The lowest BCUT2D eigenvalue weighted by Crippen LogP contribution is -2.30. The maximum Gasteiger partial charge on any atom is 0.162 e. The van der Waals surface area contributed by atoms with Crippen LogP contribution in [0.3, 0.4) is 0 Å². The first-order valence-electron chi connectivity index (χ1n) is 4.68. The lowest BCUT2D eigenvalue weighted by Gasteiger charge is -2.22. The molecule has 0 spiro atoms. The SMILES string of the molecule is Cc1cccc(C)c1OC(C)(C)C=O. The number of ether oxygens (including phenoxy) is 1. The molecule has 0 atom stereocenters. The Bertz CT molecular complexity index is 320. The zero-order valence-corrected chi connectivity index (χ0v) is 9.13. The number of hydrogen-bond donors (Lipinski definition) is 0. The van der Waals surface area contributed by atoms with E-state index in [1.807, 2.05) is 32.0 Å². The Balaban J connectivity index is 3.02. The van der Waals surface area contributed by atoms with Gasteiger partial charge < -0.3 is 4.74 Å². The fraction of sp³-hybridized carbons (Fsp3) is 0.417. The molecule has 0 aliphatic heterocycles. The van der Waals surface area contributed by atoms with Crippen molar-refractivity contribution in [3.05, 3.63) is 29.3 Å². The molecule has 76 valence electrons. The van der Waals surface area contributed by atoms with E-state index in [1.54, 1.807) is 13.8 Å². The van der Waals surface area contributed by atoms with Crippen LogP contribution < -0.4 is 4.74 Å². The highest BCUT2D eigenvalue weighted by molar-refractivity contribution is 5.62. The molecular formula is C12H16O2. The number of benzene rings is 1. The van der Waals surface area contributed by atoms with E-state index in [4.69, 9.17) is 4.74 Å². The van der Waals surface area contributed by atoms with Crippen molar-refractivity contribution < 1.29 is 9.53 Å². The first-order valence-corrected chi connectivity index (χ1v) is 4.68. The fourth-order valence-corrected chi connectivity index (χ4v) is 1.25. The van der Waals surface area contributed by atoms with Crippen LogP contribution in [0.25, 0.3) is 0 Å². The first kappa shape index (κ1) is 10.8. The summed E-state index contributed by atoms with van der Waals surface area (Å²) in [6.07, 6.45) is 0.818. The van der Waals surface area contributed by atoms with Gasteiger partial charge in [-0.25, -0.2) is 0 Å². The van der Waals surface area contributed by atoms with Crippen LogP contribution in [0.4, 0.5) is 0 Å². The number of rotatable bonds is 3. The molecule has 1 aromatic rings. The smallest absolute Gasteiger partial charge is 0.162 e. The largest absolute Gasteiger partial charge is 0.480 e. The number of carbonyl (C=O) groups excluding carboxylic acids is 1. The van der Waals surface area contributed by atoms with E-state index in [2.05, 4.69) is 0 Å². The van der Waals surface area contributed by atoms with Gasteiger partial charge in [-0.2, -0.15) is 0 Å². The maximum atomic E-state index is 10.7. The quantitative estimate of drug-likeness (QED) is 0.688. The minimum absolute atomic E-state index is 0.753. The summed E-state index contributed by atoms with van der Waals surface area (Å²) in [4.78, 5) is 10.7. The second-order valence-electron chi connectivity index (χ2n) is 4.04. The molecule has 0 saturated heterocycles. The van der Waals surface area contributed by atoms with Gasteiger partial charge >= 0.3 is 0 Å². The third-order valence-corrected chi connectivity index (χ3v) is 2.06. The van der Waals surface area contributed by atoms with Gasteiger partial charge in [0.1, 0.15) is 5.75 Å². The first-order chi connectivity index (χ1) is 6.46. The minimum atomic E-state index is -0.753. The van der Waals surface area contributed by atoms with E-state index in [0.29, 0.717) is 0 Å². The second kappa shape index (κ2) is 3.82. The summed E-state index contributed by atoms with van der Waals surface area (Å²) >= 11 is 0. The van der Waals surface area contributed by atoms with Gasteiger partial charge in [-0.1, -0.05) is 18.2 Å². The van der Waals surface area contributed by atoms with Crippen molar-refractivity contribution in [2.24, 2.45) is 0 Å². The molecule has 1 rings (SSSR count). The Kier molecular flexibility index (Phi) is 2.94. The van der Waals surface area contributed by atoms with E-state index in [0.717, 1.165) is 23.2 Å². The van der Waals surface area contributed by atoms with E-state index in [-0.39, 0.29) is 0 Å². The average Bonchev–Trinajstić information content (AvgIpc) is 2.12. The number of para-hydroxylation sites is 1. The highest BCUT2D eigenvalue weighted by atomic mass is 16.5. The van der Waals surface area contributed by atoms with E-state index >= 15 is 0 Å². The molecule has 0 aliphatic rings. The Labute approximate surface area is 84.9 Å². The predicted octanol–water partition coefficient (Wildman–Crippen LogP) is 2.66. The third-order valence-electron chi connectivity index (χ3n) is 2.06. The molecule has 0 aliphatic carbocycles. The minimum Gasteiger partial charge on any atom is -0.480 e. The zero-order chi connectivity index (χ0) is 10.8. The van der Waals surface area contributed by atoms with E-state index in [9.17, 15) is 4.79 Å². The Hall–Kier alpha value is -1.31. The number of aryl methyl sites for hydroxylation is 2. The summed E-state index contributed by atoms with van der Waals surface area (Å²) in [5.41, 5.74) is 1.36. The van der Waals surface area contributed by atoms with Gasteiger partial charge in [0.25, 0.3) is 0 Å². The third kappa shape index (κ3) is 2.34. The van der Waals surface area contributed by atoms with Crippen molar-refractivity contribution >= 4 is 6.29 Å². The highest BCUT2D eigenvalue weighted by Gasteiger charge is 2.20. The van der Waals surface area contributed by atoms with Gasteiger partial charge in [0.05, 0.1) is 0 Å². The molecule has 0 aromatic heterocycles. The van der Waals surface area contributed by atoms with Crippen molar-refractivity contribution in [3.8, 4) is 5.75 Å². The van der Waals surface area contributed by atoms with Crippen LogP contribution in [0, 0.1) is 13.8 Å². The van der Waals surface area contributed by atoms with Crippen LogP contribution in [0.15, 0.2) is 18.2 Å². The van der Waals surface area contributed by atoms with Crippen LogP contribution in [0.1, 0.15) is 25.0 Å². The van der Waals surface area contributed by atoms with Crippen molar-refractivity contribution in [3.63, 3.8) is 0 Å². The summed E-state index contributed by atoms with van der Waals surface area (Å²) in [6, 6.07) is 5.93. The number of hydrogen-bond acceptors (Lipinski definition) is 2. The van der Waals surface area contributed by atoms with Crippen LogP contribution in [0.5, 0.6) is 5.75 Å². The number of aldehydes is 1. The van der Waals surface area contributed by atoms with E-state index in [1.165, 1.54) is 0 Å². The lowest BCUT2D eigenvalue weighted by atomic mass is 10.1. The monoisotopic (exact) mass is 192 g/mol. The van der Waals surface area contributed by atoms with Crippen LogP contribution in [-0.2, 0) is 4.79 Å². The van der Waals surface area contributed by atoms with Crippen LogP contribution >= 0.6 is 0 Å². The normalized spacial score (nSPS) is 11.1. The van der Waals surface area contributed by atoms with Crippen molar-refractivity contribution in [2.75, 3.05) is 0 Å². The summed E-state index contributed by atoms with van der Waals surface area (Å²) in [5.74, 6) is 0.810. The van der Waals surface area contributed by atoms with Crippen molar-refractivity contribution in [1.82, 2.24) is 0 Å². The maximum absolute atomic E-state index is 10.7. The van der Waals surface area contributed by atoms with E-state index < -0.39 is 5.60 Å². The van der Waals surface area contributed by atoms with Gasteiger partial charge in [-0.05, 0) is 38.8 Å². The van der Waals surface area contributed by atoms with Gasteiger partial charge in [0, 0.05) is 0 Å². The Morgan fingerprint density at radius 3 is 2.14 bits per heavy atom. The molecule has 1 aromatic carbocycles. The topological polar surface area (TPSA) is 26.3 Å². The Morgan fingerprint density at radius 1 is 1.21 bits per heavy atom. The van der Waals surface area contributed by atoms with Crippen molar-refractivity contribution in [2.45, 2.75) is 33.3 Å². The van der Waals surface area contributed by atoms with Crippen LogP contribution in [0.2, 0.25) is 0 Å². The van der Waals surface area contributed by atoms with Gasteiger partial charge in [-0.15, -0.1) is 0 Å². The highest BCUT2D eigenvalue weighted by Crippen LogP contribution is 2.25. The number of carbonyl (C=O) groups is 1. The molecule has 2 heteroatoms.